The number of fused-ring (bicyclic) bond motifs is 1. The summed E-state index contributed by atoms with van der Waals surface area (Å²) < 4.78 is 5.65. The zero-order valence-electron chi connectivity index (χ0n) is 7.51. The number of halogens is 1. The Labute approximate surface area is 105 Å². The van der Waals surface area contributed by atoms with E-state index in [-0.39, 0.29) is 12.4 Å². The van der Waals surface area contributed by atoms with Crippen molar-refractivity contribution in [3.05, 3.63) is 36.4 Å². The molecule has 0 aliphatic carbocycles. The van der Waals surface area contributed by atoms with Gasteiger partial charge in [-0.25, -0.2) is 0 Å². The highest BCUT2D eigenvalue weighted by Gasteiger charge is 2.14. The van der Waals surface area contributed by atoms with Crippen molar-refractivity contribution in [2.75, 3.05) is 0 Å². The van der Waals surface area contributed by atoms with Gasteiger partial charge in [0.25, 0.3) is 15.2 Å². The molecule has 1 aromatic carbocycles. The minimum absolute atomic E-state index is 0. The van der Waals surface area contributed by atoms with Gasteiger partial charge in [0.1, 0.15) is 0 Å². The molecule has 0 atom stereocenters. The van der Waals surface area contributed by atoms with Crippen LogP contribution >= 0.6 is 32.2 Å². The van der Waals surface area contributed by atoms with Crippen LogP contribution in [0.5, 0.6) is 0 Å². The third-order valence-corrected chi connectivity index (χ3v) is 5.12. The summed E-state index contributed by atoms with van der Waals surface area (Å²) in [4.78, 5) is 2.48. The third-order valence-electron chi connectivity index (χ3n) is 1.99. The van der Waals surface area contributed by atoms with Crippen LogP contribution in [-0.4, -0.2) is 4.37 Å². The van der Waals surface area contributed by atoms with Gasteiger partial charge in [0.2, 0.25) is 4.83 Å². The molecule has 2 heterocycles. The average molecular weight is 272 g/mol. The van der Waals surface area contributed by atoms with Crippen LogP contribution in [0.1, 0.15) is 0 Å². The van der Waals surface area contributed by atoms with Gasteiger partial charge in [0, 0.05) is 10.9 Å². The van der Waals surface area contributed by atoms with Crippen LogP contribution in [0.4, 0.5) is 0 Å². The second-order valence-electron chi connectivity index (χ2n) is 2.90. The standard InChI is InChI=1S/C10H6NS3.ClH/c1-2-4-7(5-3-1)8-6-9-10(12-8)11-14-13-9;/h1-6H;1H/q+1;/p-1. The van der Waals surface area contributed by atoms with E-state index in [1.165, 1.54) is 20.0 Å². The summed E-state index contributed by atoms with van der Waals surface area (Å²) in [6, 6.07) is 12.7. The molecule has 0 fully saturated rings. The number of nitrogens with zero attached hydrogens (tertiary/aromatic N) is 1. The molecular weight excluding hydrogens is 266 g/mol. The van der Waals surface area contributed by atoms with Crippen LogP contribution in [-0.2, 0) is 0 Å². The lowest BCUT2D eigenvalue weighted by Crippen LogP contribution is -3.00. The fourth-order valence-electron chi connectivity index (χ4n) is 1.33. The van der Waals surface area contributed by atoms with Crippen LogP contribution < -0.4 is 12.4 Å². The molecule has 0 saturated carbocycles. The van der Waals surface area contributed by atoms with Crippen molar-refractivity contribution in [3.63, 3.8) is 0 Å². The summed E-state index contributed by atoms with van der Waals surface area (Å²) in [7, 11) is 3.31. The van der Waals surface area contributed by atoms with Crippen LogP contribution in [0.3, 0.4) is 0 Å². The minimum Gasteiger partial charge on any atom is -1.00 e. The van der Waals surface area contributed by atoms with Gasteiger partial charge in [0.05, 0.1) is 0 Å². The molecule has 3 aromatic rings. The quantitative estimate of drug-likeness (QED) is 0.481. The maximum Gasteiger partial charge on any atom is 0.324 e. The zero-order valence-corrected chi connectivity index (χ0v) is 10.7. The van der Waals surface area contributed by atoms with E-state index in [0.717, 1.165) is 0 Å². The molecule has 0 aliphatic heterocycles. The largest absolute Gasteiger partial charge is 1.00 e. The van der Waals surface area contributed by atoms with Gasteiger partial charge in [-0.05, 0) is 5.56 Å². The van der Waals surface area contributed by atoms with Gasteiger partial charge < -0.3 is 12.4 Å². The van der Waals surface area contributed by atoms with E-state index in [1.807, 2.05) is 6.07 Å². The molecule has 0 aliphatic rings. The van der Waals surface area contributed by atoms with Crippen LogP contribution in [0, 0.1) is 0 Å². The van der Waals surface area contributed by atoms with Crippen molar-refractivity contribution in [2.45, 2.75) is 0 Å². The summed E-state index contributed by atoms with van der Waals surface area (Å²) in [5.41, 5.74) is 1.28. The average Bonchev–Trinajstić information content (AvgIpc) is 2.78. The predicted octanol–water partition coefficient (Wildman–Crippen LogP) is 1.37. The molecule has 2 aromatic heterocycles. The van der Waals surface area contributed by atoms with E-state index in [9.17, 15) is 0 Å². The maximum atomic E-state index is 4.34. The first kappa shape index (κ1) is 11.0. The predicted molar refractivity (Wildman–Crippen MR) is 65.2 cm³/mol. The van der Waals surface area contributed by atoms with Gasteiger partial charge >= 0.3 is 10.3 Å². The molecular formula is C10H6ClNS3. The summed E-state index contributed by atoms with van der Waals surface area (Å²) in [6.45, 7) is 0. The van der Waals surface area contributed by atoms with E-state index < -0.39 is 0 Å². The summed E-state index contributed by atoms with van der Waals surface area (Å²) in [5, 5.41) is 0. The normalized spacial score (nSPS) is 10.1. The molecule has 15 heavy (non-hydrogen) atoms. The smallest absolute Gasteiger partial charge is 0.324 e. The Morgan fingerprint density at radius 3 is 2.67 bits per heavy atom. The molecule has 3 rings (SSSR count). The fraction of sp³-hybridized carbons (Fsp3) is 0. The van der Waals surface area contributed by atoms with Gasteiger partial charge in [-0.15, -0.1) is 15.7 Å². The van der Waals surface area contributed by atoms with Gasteiger partial charge in [-0.3, -0.25) is 0 Å². The molecule has 1 nitrogen and oxygen atoms in total. The van der Waals surface area contributed by atoms with Crippen molar-refractivity contribution in [3.8, 4) is 10.4 Å². The van der Waals surface area contributed by atoms with Crippen LogP contribution in [0.25, 0.3) is 20.0 Å². The zero-order chi connectivity index (χ0) is 9.38. The van der Waals surface area contributed by atoms with E-state index in [4.69, 9.17) is 0 Å². The molecule has 0 bridgehead atoms. The number of benzene rings is 1. The van der Waals surface area contributed by atoms with Crippen molar-refractivity contribution in [1.82, 2.24) is 4.37 Å². The highest BCUT2D eigenvalue weighted by Crippen LogP contribution is 2.35. The summed E-state index contributed by atoms with van der Waals surface area (Å²) >= 11 is 1.77. The lowest BCUT2D eigenvalue weighted by Gasteiger charge is -1.92. The molecule has 0 saturated heterocycles. The first-order chi connectivity index (χ1) is 6.93. The molecule has 0 amide bonds. The van der Waals surface area contributed by atoms with Crippen molar-refractivity contribution < 1.29 is 12.4 Å². The van der Waals surface area contributed by atoms with E-state index in [2.05, 4.69) is 34.7 Å². The molecule has 0 N–H and O–H groups in total. The molecule has 0 radical (unpaired) electrons. The first-order valence-corrected chi connectivity index (χ1v) is 7.10. The molecule has 0 unspecified atom stereocenters. The number of thiophene rings is 1. The Hall–Kier alpha value is -0.550. The lowest BCUT2D eigenvalue weighted by molar-refractivity contribution is -0.00000249. The summed E-state index contributed by atoms with van der Waals surface area (Å²) in [5.74, 6) is 0. The number of hydrogen-bond acceptors (Lipinski definition) is 3. The van der Waals surface area contributed by atoms with E-state index in [0.29, 0.717) is 0 Å². The monoisotopic (exact) mass is 271 g/mol. The van der Waals surface area contributed by atoms with Crippen LogP contribution in [0.15, 0.2) is 36.4 Å². The maximum absolute atomic E-state index is 4.34. The second-order valence-corrected chi connectivity index (χ2v) is 5.81. The first-order valence-electron chi connectivity index (χ1n) is 4.17. The Balaban J connectivity index is 0.000000853. The Kier molecular flexibility index (Phi) is 3.31. The SMILES string of the molecule is [Cl-].c1ccc(-c2cc3[s+]snc3s2)cc1. The number of rotatable bonds is 1. The highest BCUT2D eigenvalue weighted by atomic mass is 35.5. The highest BCUT2D eigenvalue weighted by molar-refractivity contribution is 7.70. The van der Waals surface area contributed by atoms with Crippen LogP contribution in [0.2, 0.25) is 0 Å². The Bertz CT molecular complexity index is 530. The van der Waals surface area contributed by atoms with E-state index in [1.54, 1.807) is 32.2 Å². The van der Waals surface area contributed by atoms with Gasteiger partial charge in [0.15, 0.2) is 0 Å². The van der Waals surface area contributed by atoms with Crippen molar-refractivity contribution in [2.24, 2.45) is 0 Å². The number of aromatic nitrogens is 1. The fourth-order valence-corrected chi connectivity index (χ4v) is 4.59. The van der Waals surface area contributed by atoms with Gasteiger partial charge in [-0.2, -0.15) is 0 Å². The minimum atomic E-state index is 0. The van der Waals surface area contributed by atoms with E-state index >= 15 is 0 Å². The Morgan fingerprint density at radius 1 is 1.13 bits per heavy atom. The molecule has 0 spiro atoms. The van der Waals surface area contributed by atoms with Crippen molar-refractivity contribution >= 4 is 41.7 Å². The molecule has 76 valence electrons. The number of hydrogen-bond donors (Lipinski definition) is 0. The topological polar surface area (TPSA) is 12.9 Å². The van der Waals surface area contributed by atoms with Crippen molar-refractivity contribution in [1.29, 1.82) is 0 Å². The lowest BCUT2D eigenvalue weighted by atomic mass is 10.2. The second kappa shape index (κ2) is 4.53. The Morgan fingerprint density at radius 2 is 1.93 bits per heavy atom. The van der Waals surface area contributed by atoms with Gasteiger partial charge in [-0.1, -0.05) is 30.3 Å². The summed E-state index contributed by atoms with van der Waals surface area (Å²) in [6.07, 6.45) is 0. The molecule has 5 heteroatoms. The third kappa shape index (κ3) is 2.03.